The highest BCUT2D eigenvalue weighted by atomic mass is 16.6. The van der Waals surface area contributed by atoms with E-state index >= 15 is 0 Å². The van der Waals surface area contributed by atoms with Crippen LogP contribution in [-0.4, -0.2) is 21.9 Å². The molecule has 4 aliphatic carbocycles. The van der Waals surface area contributed by atoms with Crippen LogP contribution in [0.4, 0.5) is 0 Å². The normalized spacial score (nSPS) is 42.1. The Morgan fingerprint density at radius 3 is 2.89 bits per heavy atom. The maximum absolute atomic E-state index is 10.5. The van der Waals surface area contributed by atoms with Crippen molar-refractivity contribution in [3.63, 3.8) is 0 Å². The van der Waals surface area contributed by atoms with Crippen molar-refractivity contribution in [1.82, 2.24) is 4.98 Å². The number of aromatic nitrogens is 1. The second kappa shape index (κ2) is 6.73. The number of aliphatic hydroxyl groups excluding tert-OH is 1. The van der Waals surface area contributed by atoms with E-state index in [1.165, 1.54) is 38.5 Å². The lowest BCUT2D eigenvalue weighted by Gasteiger charge is -2.53. The van der Waals surface area contributed by atoms with E-state index in [1.54, 1.807) is 11.8 Å². The number of oxime groups is 1. The fourth-order valence-corrected chi connectivity index (χ4v) is 6.74. The highest BCUT2D eigenvalue weighted by Crippen LogP contribution is 2.61. The Morgan fingerprint density at radius 2 is 2.04 bits per heavy atom. The lowest BCUT2D eigenvalue weighted by molar-refractivity contribution is -0.0526. The number of hydrogen-bond donors (Lipinski definition) is 1. The Kier molecular flexibility index (Phi) is 4.34. The van der Waals surface area contributed by atoms with Crippen LogP contribution in [0.5, 0.6) is 5.88 Å². The number of fused-ring (bicyclic) bond motifs is 5. The van der Waals surface area contributed by atoms with E-state index in [9.17, 15) is 5.11 Å². The standard InChI is InChI=1S/C23H30N2O2/c1-23-12-11-18-17-8-6-16(25-27-22-4-2-3-13-24-22)14-15(17)5-7-19(18)20(23)9-10-21(23)26/h2-4,13-14,17-21,26H,5-12H2,1H3. The average molecular weight is 367 g/mol. The smallest absolute Gasteiger partial charge is 0.248 e. The number of allylic oxidation sites excluding steroid dienone is 2. The molecule has 5 rings (SSSR count). The molecule has 0 amide bonds. The van der Waals surface area contributed by atoms with Gasteiger partial charge in [0.2, 0.25) is 5.88 Å². The Balaban J connectivity index is 1.32. The largest absolute Gasteiger partial charge is 0.393 e. The van der Waals surface area contributed by atoms with E-state index in [4.69, 9.17) is 4.84 Å². The van der Waals surface area contributed by atoms with Gasteiger partial charge < -0.3 is 9.94 Å². The van der Waals surface area contributed by atoms with Crippen molar-refractivity contribution in [2.24, 2.45) is 34.2 Å². The second-order valence-electron chi connectivity index (χ2n) is 9.32. The Labute approximate surface area is 161 Å². The van der Waals surface area contributed by atoms with Crippen molar-refractivity contribution in [2.75, 3.05) is 0 Å². The average Bonchev–Trinajstić information content (AvgIpc) is 3.01. The fraction of sp³-hybridized carbons (Fsp3) is 0.652. The van der Waals surface area contributed by atoms with Crippen molar-refractivity contribution < 1.29 is 9.94 Å². The highest BCUT2D eigenvalue weighted by Gasteiger charge is 2.55. The lowest BCUT2D eigenvalue weighted by Crippen LogP contribution is -2.47. The summed E-state index contributed by atoms with van der Waals surface area (Å²) >= 11 is 0. The van der Waals surface area contributed by atoms with Gasteiger partial charge >= 0.3 is 0 Å². The fourth-order valence-electron chi connectivity index (χ4n) is 6.74. The van der Waals surface area contributed by atoms with Crippen molar-refractivity contribution in [1.29, 1.82) is 0 Å². The van der Waals surface area contributed by atoms with Gasteiger partial charge in [-0.05, 0) is 92.6 Å². The van der Waals surface area contributed by atoms with Gasteiger partial charge in [0.05, 0.1) is 11.8 Å². The zero-order valence-electron chi connectivity index (χ0n) is 16.2. The number of rotatable bonds is 2. The molecule has 1 heterocycles. The molecule has 4 aliphatic rings. The summed E-state index contributed by atoms with van der Waals surface area (Å²) in [5.74, 6) is 3.63. The molecule has 1 N–H and O–H groups in total. The number of hydrogen-bond acceptors (Lipinski definition) is 4. The lowest BCUT2D eigenvalue weighted by atomic mass is 9.52. The molecular weight excluding hydrogens is 336 g/mol. The zero-order valence-corrected chi connectivity index (χ0v) is 16.2. The SMILES string of the molecule is CC12CCC3C4CCC(=NOc5ccccn5)C=C4CCC3C1CCC2O. The molecule has 144 valence electrons. The second-order valence-corrected chi connectivity index (χ2v) is 9.32. The van der Waals surface area contributed by atoms with Crippen LogP contribution in [0.3, 0.4) is 0 Å². The molecule has 1 aromatic rings. The topological polar surface area (TPSA) is 54.7 Å². The summed E-state index contributed by atoms with van der Waals surface area (Å²) in [5.41, 5.74) is 2.83. The maximum Gasteiger partial charge on any atom is 0.248 e. The summed E-state index contributed by atoms with van der Waals surface area (Å²) < 4.78 is 0. The summed E-state index contributed by atoms with van der Waals surface area (Å²) in [6, 6.07) is 5.63. The summed E-state index contributed by atoms with van der Waals surface area (Å²) in [5, 5.41) is 14.9. The van der Waals surface area contributed by atoms with Gasteiger partial charge in [-0.3, -0.25) is 0 Å². The molecule has 0 aromatic carbocycles. The van der Waals surface area contributed by atoms with Gasteiger partial charge in [0, 0.05) is 12.3 Å². The predicted molar refractivity (Wildman–Crippen MR) is 105 cm³/mol. The summed E-state index contributed by atoms with van der Waals surface area (Å²) in [6.45, 7) is 2.36. The first-order chi connectivity index (χ1) is 13.1. The number of nitrogens with zero attached hydrogens (tertiary/aromatic N) is 2. The molecule has 4 heteroatoms. The molecule has 3 fully saturated rings. The van der Waals surface area contributed by atoms with Crippen molar-refractivity contribution in [3.8, 4) is 5.88 Å². The molecule has 4 nitrogen and oxygen atoms in total. The van der Waals surface area contributed by atoms with Crippen LogP contribution in [0.15, 0.2) is 41.2 Å². The first-order valence-corrected chi connectivity index (χ1v) is 10.7. The van der Waals surface area contributed by atoms with Crippen LogP contribution in [0.2, 0.25) is 0 Å². The van der Waals surface area contributed by atoms with Gasteiger partial charge in [-0.25, -0.2) is 4.98 Å². The Bertz CT molecular complexity index is 759. The molecular formula is C23H30N2O2. The third-order valence-corrected chi connectivity index (χ3v) is 8.16. The molecule has 6 atom stereocenters. The van der Waals surface area contributed by atoms with Gasteiger partial charge in [-0.1, -0.05) is 23.7 Å². The van der Waals surface area contributed by atoms with Gasteiger partial charge in [-0.15, -0.1) is 0 Å². The quantitative estimate of drug-likeness (QED) is 0.769. The van der Waals surface area contributed by atoms with Crippen molar-refractivity contribution in [3.05, 3.63) is 36.0 Å². The van der Waals surface area contributed by atoms with Crippen LogP contribution >= 0.6 is 0 Å². The molecule has 0 bridgehead atoms. The number of pyridine rings is 1. The van der Waals surface area contributed by atoms with E-state index in [2.05, 4.69) is 23.1 Å². The zero-order chi connectivity index (χ0) is 18.4. The van der Waals surface area contributed by atoms with Crippen LogP contribution in [0.1, 0.15) is 58.3 Å². The minimum absolute atomic E-state index is 0.0748. The number of aliphatic hydroxyl groups is 1. The minimum atomic E-state index is -0.0748. The van der Waals surface area contributed by atoms with Crippen molar-refractivity contribution in [2.45, 2.75) is 64.4 Å². The van der Waals surface area contributed by atoms with E-state index in [1.807, 2.05) is 18.2 Å². The van der Waals surface area contributed by atoms with E-state index in [0.29, 0.717) is 5.88 Å². The van der Waals surface area contributed by atoms with E-state index < -0.39 is 0 Å². The van der Waals surface area contributed by atoms with Crippen LogP contribution in [0, 0.1) is 29.1 Å². The van der Waals surface area contributed by atoms with Gasteiger partial charge in [0.25, 0.3) is 0 Å². The van der Waals surface area contributed by atoms with Crippen LogP contribution in [-0.2, 0) is 0 Å². The van der Waals surface area contributed by atoms with Gasteiger partial charge in [0.15, 0.2) is 0 Å². The van der Waals surface area contributed by atoms with E-state index in [0.717, 1.165) is 42.2 Å². The van der Waals surface area contributed by atoms with E-state index in [-0.39, 0.29) is 11.5 Å². The molecule has 3 saturated carbocycles. The summed E-state index contributed by atoms with van der Waals surface area (Å²) in [7, 11) is 0. The third-order valence-electron chi connectivity index (χ3n) is 8.16. The van der Waals surface area contributed by atoms with Crippen LogP contribution in [0.25, 0.3) is 0 Å². The molecule has 0 aliphatic heterocycles. The van der Waals surface area contributed by atoms with Crippen molar-refractivity contribution >= 4 is 5.71 Å². The minimum Gasteiger partial charge on any atom is -0.393 e. The Morgan fingerprint density at radius 1 is 1.11 bits per heavy atom. The summed E-state index contributed by atoms with van der Waals surface area (Å²) in [6.07, 6.45) is 13.4. The molecule has 6 unspecified atom stereocenters. The summed E-state index contributed by atoms with van der Waals surface area (Å²) in [4.78, 5) is 9.69. The first kappa shape index (κ1) is 17.4. The van der Waals surface area contributed by atoms with Crippen LogP contribution < -0.4 is 4.84 Å². The molecule has 1 aromatic heterocycles. The predicted octanol–water partition coefficient (Wildman–Crippen LogP) is 4.75. The molecule has 27 heavy (non-hydrogen) atoms. The first-order valence-electron chi connectivity index (χ1n) is 10.7. The maximum atomic E-state index is 10.5. The van der Waals surface area contributed by atoms with Gasteiger partial charge in [-0.2, -0.15) is 0 Å². The highest BCUT2D eigenvalue weighted by molar-refractivity contribution is 5.96. The molecule has 0 radical (unpaired) electrons. The van der Waals surface area contributed by atoms with Gasteiger partial charge in [0.1, 0.15) is 0 Å². The molecule has 0 saturated heterocycles. The monoisotopic (exact) mass is 366 g/mol. The molecule has 0 spiro atoms. The third kappa shape index (κ3) is 2.93. The Hall–Kier alpha value is -1.68.